The van der Waals surface area contributed by atoms with E-state index in [9.17, 15) is 4.79 Å². The molecule has 5 nitrogen and oxygen atoms in total. The molecule has 0 aliphatic carbocycles. The topological polar surface area (TPSA) is 77.8 Å². The Labute approximate surface area is 150 Å². The lowest BCUT2D eigenvalue weighted by molar-refractivity contribution is 0.0931. The van der Waals surface area contributed by atoms with Crippen molar-refractivity contribution in [3.63, 3.8) is 0 Å². The van der Waals surface area contributed by atoms with Crippen molar-refractivity contribution in [3.05, 3.63) is 53.7 Å². The zero-order valence-electron chi connectivity index (χ0n) is 13.6. The van der Waals surface area contributed by atoms with Gasteiger partial charge in [-0.25, -0.2) is 4.98 Å². The number of benzene rings is 1. The number of hydrogen-bond acceptors (Lipinski definition) is 5. The predicted molar refractivity (Wildman–Crippen MR) is 95.3 cm³/mol. The fourth-order valence-electron chi connectivity index (χ4n) is 3.56. The number of rotatable bonds is 4. The van der Waals surface area contributed by atoms with Crippen LogP contribution in [-0.2, 0) is 0 Å². The number of nitrogens with zero attached hydrogens (tertiary/aromatic N) is 2. The third-order valence-electron chi connectivity index (χ3n) is 4.79. The molecule has 2 aliphatic heterocycles. The highest BCUT2D eigenvalue weighted by Gasteiger charge is 2.39. The fourth-order valence-corrected chi connectivity index (χ4v) is 4.37. The van der Waals surface area contributed by atoms with E-state index in [1.165, 1.54) is 18.2 Å². The SMILES string of the molecule is N#Cc1cccc(Sc2ccc(C(=O)N[C@@H]3C[C@H]4CC[C@@H]3N4)cc2)n1. The summed E-state index contributed by atoms with van der Waals surface area (Å²) in [5.41, 5.74) is 1.08. The zero-order chi connectivity index (χ0) is 17.2. The minimum Gasteiger partial charge on any atom is -0.348 e. The summed E-state index contributed by atoms with van der Waals surface area (Å²) in [5, 5.41) is 16.4. The number of nitriles is 1. The lowest BCUT2D eigenvalue weighted by atomic mass is 9.95. The first kappa shape index (κ1) is 16.1. The fraction of sp³-hybridized carbons (Fsp3) is 0.316. The van der Waals surface area contributed by atoms with Crippen molar-refractivity contribution >= 4 is 17.7 Å². The summed E-state index contributed by atoms with van der Waals surface area (Å²) in [6, 6.07) is 16.2. The first-order chi connectivity index (χ1) is 12.2. The minimum atomic E-state index is -0.0134. The van der Waals surface area contributed by atoms with Crippen LogP contribution in [0.15, 0.2) is 52.4 Å². The molecule has 2 aliphatic rings. The normalized spacial score (nSPS) is 24.0. The van der Waals surface area contributed by atoms with E-state index >= 15 is 0 Å². The smallest absolute Gasteiger partial charge is 0.251 e. The maximum absolute atomic E-state index is 12.4. The van der Waals surface area contributed by atoms with E-state index in [4.69, 9.17) is 5.26 Å². The number of fused-ring (bicyclic) bond motifs is 2. The molecule has 0 radical (unpaired) electrons. The molecule has 2 bridgehead atoms. The van der Waals surface area contributed by atoms with Gasteiger partial charge >= 0.3 is 0 Å². The van der Waals surface area contributed by atoms with E-state index < -0.39 is 0 Å². The number of amides is 1. The molecule has 126 valence electrons. The largest absolute Gasteiger partial charge is 0.348 e. The van der Waals surface area contributed by atoms with E-state index in [0.29, 0.717) is 23.3 Å². The average molecular weight is 350 g/mol. The minimum absolute atomic E-state index is 0.0134. The number of carbonyl (C=O) groups is 1. The first-order valence-electron chi connectivity index (χ1n) is 8.43. The third-order valence-corrected chi connectivity index (χ3v) is 5.74. The Morgan fingerprint density at radius 3 is 2.76 bits per heavy atom. The van der Waals surface area contributed by atoms with Crippen LogP contribution in [0.25, 0.3) is 0 Å². The molecule has 1 aromatic heterocycles. The quantitative estimate of drug-likeness (QED) is 0.886. The van der Waals surface area contributed by atoms with Crippen molar-refractivity contribution in [3.8, 4) is 6.07 Å². The highest BCUT2D eigenvalue weighted by molar-refractivity contribution is 7.99. The summed E-state index contributed by atoms with van der Waals surface area (Å²) >= 11 is 1.48. The Morgan fingerprint density at radius 1 is 1.24 bits per heavy atom. The van der Waals surface area contributed by atoms with E-state index in [1.54, 1.807) is 6.07 Å². The van der Waals surface area contributed by atoms with Crippen LogP contribution in [0.3, 0.4) is 0 Å². The van der Waals surface area contributed by atoms with Crippen LogP contribution in [0.1, 0.15) is 35.3 Å². The third kappa shape index (κ3) is 3.53. The van der Waals surface area contributed by atoms with Crippen LogP contribution in [0.4, 0.5) is 0 Å². The second-order valence-electron chi connectivity index (χ2n) is 6.46. The molecule has 2 fully saturated rings. The van der Waals surface area contributed by atoms with Crippen LogP contribution in [0.5, 0.6) is 0 Å². The van der Waals surface area contributed by atoms with Gasteiger partial charge in [0, 0.05) is 28.6 Å². The monoisotopic (exact) mass is 350 g/mol. The molecule has 3 heterocycles. The van der Waals surface area contributed by atoms with E-state index in [2.05, 4.69) is 15.6 Å². The van der Waals surface area contributed by atoms with Crippen LogP contribution >= 0.6 is 11.8 Å². The van der Waals surface area contributed by atoms with Gasteiger partial charge < -0.3 is 10.6 Å². The van der Waals surface area contributed by atoms with Gasteiger partial charge in [0.2, 0.25) is 0 Å². The van der Waals surface area contributed by atoms with Crippen LogP contribution < -0.4 is 10.6 Å². The van der Waals surface area contributed by atoms with E-state index in [0.717, 1.165) is 22.8 Å². The molecule has 2 saturated heterocycles. The van der Waals surface area contributed by atoms with Crippen molar-refractivity contribution in [1.82, 2.24) is 15.6 Å². The van der Waals surface area contributed by atoms with Gasteiger partial charge in [-0.2, -0.15) is 5.26 Å². The van der Waals surface area contributed by atoms with Crippen molar-refractivity contribution in [2.75, 3.05) is 0 Å². The van der Waals surface area contributed by atoms with Crippen LogP contribution in [0, 0.1) is 11.3 Å². The standard InChI is InChI=1S/C19H18N4OS/c20-11-14-2-1-3-18(22-14)25-15-7-4-12(5-8-15)19(24)23-17-10-13-6-9-16(17)21-13/h1-5,7-8,13,16-17,21H,6,9-10H2,(H,23,24)/t13-,16+,17-/m1/s1. The Kier molecular flexibility index (Phi) is 4.43. The second-order valence-corrected chi connectivity index (χ2v) is 7.56. The van der Waals surface area contributed by atoms with Gasteiger partial charge in [0.1, 0.15) is 16.8 Å². The molecule has 3 atom stereocenters. The van der Waals surface area contributed by atoms with Crippen LogP contribution in [-0.4, -0.2) is 29.0 Å². The molecule has 0 saturated carbocycles. The summed E-state index contributed by atoms with van der Waals surface area (Å²) in [6.07, 6.45) is 3.41. The molecule has 0 unspecified atom stereocenters. The van der Waals surface area contributed by atoms with Gasteiger partial charge in [0.25, 0.3) is 5.91 Å². The van der Waals surface area contributed by atoms with Gasteiger partial charge in [0.05, 0.1) is 0 Å². The first-order valence-corrected chi connectivity index (χ1v) is 9.25. The van der Waals surface area contributed by atoms with Crippen molar-refractivity contribution in [2.24, 2.45) is 0 Å². The number of hydrogen-bond donors (Lipinski definition) is 2. The molecule has 2 N–H and O–H groups in total. The molecule has 1 amide bonds. The Bertz CT molecular complexity index is 830. The number of carbonyl (C=O) groups excluding carboxylic acids is 1. The lowest BCUT2D eigenvalue weighted by Gasteiger charge is -2.21. The Morgan fingerprint density at radius 2 is 2.08 bits per heavy atom. The molecule has 0 spiro atoms. The lowest BCUT2D eigenvalue weighted by Crippen LogP contribution is -2.42. The van der Waals surface area contributed by atoms with Gasteiger partial charge in [-0.15, -0.1) is 0 Å². The Balaban J connectivity index is 1.39. The van der Waals surface area contributed by atoms with E-state index in [-0.39, 0.29) is 11.9 Å². The highest BCUT2D eigenvalue weighted by atomic mass is 32.2. The highest BCUT2D eigenvalue weighted by Crippen LogP contribution is 2.29. The summed E-state index contributed by atoms with van der Waals surface area (Å²) in [6.45, 7) is 0. The van der Waals surface area contributed by atoms with Gasteiger partial charge in [-0.05, 0) is 55.7 Å². The van der Waals surface area contributed by atoms with Gasteiger partial charge in [0.15, 0.2) is 0 Å². The molecule has 2 aromatic rings. The summed E-state index contributed by atoms with van der Waals surface area (Å²) < 4.78 is 0. The summed E-state index contributed by atoms with van der Waals surface area (Å²) in [7, 11) is 0. The molecular weight excluding hydrogens is 332 g/mol. The summed E-state index contributed by atoms with van der Waals surface area (Å²) in [4.78, 5) is 17.7. The van der Waals surface area contributed by atoms with Crippen LogP contribution in [0.2, 0.25) is 0 Å². The predicted octanol–water partition coefficient (Wildman–Crippen LogP) is 2.73. The van der Waals surface area contributed by atoms with Crippen molar-refractivity contribution in [2.45, 2.75) is 47.3 Å². The Hall–Kier alpha value is -2.36. The molecule has 25 heavy (non-hydrogen) atoms. The van der Waals surface area contributed by atoms with E-state index in [1.807, 2.05) is 42.5 Å². The van der Waals surface area contributed by atoms with Gasteiger partial charge in [-0.1, -0.05) is 17.8 Å². The molecular formula is C19H18N4OS. The summed E-state index contributed by atoms with van der Waals surface area (Å²) in [5.74, 6) is -0.0134. The molecule has 1 aromatic carbocycles. The zero-order valence-corrected chi connectivity index (χ0v) is 14.4. The number of aromatic nitrogens is 1. The molecule has 6 heteroatoms. The number of pyridine rings is 1. The van der Waals surface area contributed by atoms with Crippen molar-refractivity contribution in [1.29, 1.82) is 5.26 Å². The maximum Gasteiger partial charge on any atom is 0.251 e. The maximum atomic E-state index is 12.4. The second kappa shape index (κ2) is 6.87. The number of nitrogens with one attached hydrogen (secondary N) is 2. The average Bonchev–Trinajstić information content (AvgIpc) is 3.25. The van der Waals surface area contributed by atoms with Crippen molar-refractivity contribution < 1.29 is 4.79 Å². The molecule has 4 rings (SSSR count). The van der Waals surface area contributed by atoms with Gasteiger partial charge in [-0.3, -0.25) is 4.79 Å².